The third-order valence-corrected chi connectivity index (χ3v) is 8.06. The minimum Gasteiger partial charge on any atom is -0.497 e. The van der Waals surface area contributed by atoms with E-state index < -0.39 is 23.2 Å². The van der Waals surface area contributed by atoms with Crippen LogP contribution in [0, 0.1) is 0 Å². The Bertz CT molecular complexity index is 1950. The number of rotatable bonds is 28. The van der Waals surface area contributed by atoms with Crippen LogP contribution in [-0.4, -0.2) is 132 Å². The van der Waals surface area contributed by atoms with Gasteiger partial charge in [0.25, 0.3) is 11.1 Å². The number of azo groups is 1. The number of urea groups is 2. The Kier molecular flexibility index (Phi) is 21.3. The molecule has 0 spiro atoms. The first-order chi connectivity index (χ1) is 29.7. The molecule has 6 N–H and O–H groups in total. The van der Waals surface area contributed by atoms with Gasteiger partial charge in [-0.1, -0.05) is 0 Å². The van der Waals surface area contributed by atoms with Gasteiger partial charge in [0.2, 0.25) is 11.9 Å². The number of aromatic nitrogens is 4. The van der Waals surface area contributed by atoms with Crippen LogP contribution >= 0.6 is 0 Å². The van der Waals surface area contributed by atoms with Gasteiger partial charge in [0.1, 0.15) is 5.75 Å². The summed E-state index contributed by atoms with van der Waals surface area (Å²) in [6.45, 7) is 4.08. The van der Waals surface area contributed by atoms with Gasteiger partial charge in [0.15, 0.2) is 0 Å². The van der Waals surface area contributed by atoms with Crippen LogP contribution in [0.1, 0.15) is 11.4 Å². The Morgan fingerprint density at radius 1 is 0.607 bits per heavy atom. The van der Waals surface area contributed by atoms with Gasteiger partial charge in [-0.3, -0.25) is 30.2 Å². The number of ether oxygens (including phenoxy) is 7. The second-order valence-corrected chi connectivity index (χ2v) is 12.6. The van der Waals surface area contributed by atoms with Crippen molar-refractivity contribution in [2.45, 2.75) is 13.2 Å². The lowest BCUT2D eigenvalue weighted by Crippen LogP contribution is -2.41. The van der Waals surface area contributed by atoms with Gasteiger partial charge in [0, 0.05) is 58.2 Å². The van der Waals surface area contributed by atoms with Crippen molar-refractivity contribution < 1.29 is 42.7 Å². The van der Waals surface area contributed by atoms with E-state index in [0.29, 0.717) is 81.2 Å². The molecule has 4 rings (SSSR count). The maximum Gasteiger partial charge on any atom is 0.321 e. The normalized spacial score (nSPS) is 11.1. The number of carbonyl (C=O) groups is 2. The Labute approximate surface area is 351 Å². The number of benzene rings is 2. The number of anilines is 3. The molecule has 0 unspecified atom stereocenters. The molecule has 22 nitrogen and oxygen atoms in total. The van der Waals surface area contributed by atoms with Crippen molar-refractivity contribution in [3.63, 3.8) is 0 Å². The highest BCUT2D eigenvalue weighted by molar-refractivity contribution is 5.87. The summed E-state index contributed by atoms with van der Waals surface area (Å²) >= 11 is 0. The van der Waals surface area contributed by atoms with Gasteiger partial charge in [-0.15, -0.1) is 0 Å². The summed E-state index contributed by atoms with van der Waals surface area (Å²) in [5, 5.41) is 19.2. The standard InChI is InChI=1S/C39H53N11O11/c1-55-16-18-58-20-22-60-26-30-24-34(51)44-36(42-30)46-38(53)40-12-14-50(32-8-4-28(5-9-32)48-49-29-6-10-33(57-3)11-7-29)15-13-41-39(54)47-37-43-31(25-35(52)45-37)27-61-23-21-59-19-17-56-2/h4-11,24-25H,12-23,26-27H2,1-3H3,(H3,40,42,44,46,51,53)(H3,41,43,45,47,52,54). The van der Waals surface area contributed by atoms with E-state index in [-0.39, 0.29) is 51.4 Å². The predicted octanol–water partition coefficient (Wildman–Crippen LogP) is 3.09. The molecule has 0 atom stereocenters. The van der Waals surface area contributed by atoms with Gasteiger partial charge in [-0.25, -0.2) is 19.6 Å². The molecule has 4 aromatic rings. The predicted molar refractivity (Wildman–Crippen MR) is 224 cm³/mol. The molecule has 61 heavy (non-hydrogen) atoms. The van der Waals surface area contributed by atoms with E-state index in [1.165, 1.54) is 12.1 Å². The van der Waals surface area contributed by atoms with E-state index in [1.54, 1.807) is 57.7 Å². The van der Waals surface area contributed by atoms with E-state index in [2.05, 4.69) is 51.4 Å². The summed E-state index contributed by atoms with van der Waals surface area (Å²) in [6, 6.07) is 15.7. The molecule has 22 heteroatoms. The average Bonchev–Trinajstić information content (AvgIpc) is 3.24. The van der Waals surface area contributed by atoms with Crippen molar-refractivity contribution in [2.24, 2.45) is 10.2 Å². The SMILES string of the molecule is COCCOCCOCc1cc(=O)[nH]c(NC(=O)NCCN(CCNC(=O)Nc2nc(COCCOCCOC)cc(=O)[nH]2)c2ccc(N=Nc3ccc(OC)cc3)cc2)n1. The van der Waals surface area contributed by atoms with Crippen molar-refractivity contribution >= 4 is 41.0 Å². The molecule has 0 aliphatic carbocycles. The van der Waals surface area contributed by atoms with Crippen LogP contribution in [0.15, 0.2) is 80.5 Å². The molecule has 0 aliphatic rings. The van der Waals surface area contributed by atoms with Gasteiger partial charge < -0.3 is 48.7 Å². The number of carbonyl (C=O) groups excluding carboxylic acids is 2. The van der Waals surface area contributed by atoms with Crippen LogP contribution in [0.4, 0.5) is 38.5 Å². The number of amides is 4. The van der Waals surface area contributed by atoms with E-state index in [0.717, 1.165) is 5.69 Å². The van der Waals surface area contributed by atoms with Crippen molar-refractivity contribution in [1.82, 2.24) is 30.6 Å². The van der Waals surface area contributed by atoms with Crippen LogP contribution in [0.2, 0.25) is 0 Å². The number of aromatic amines is 2. The van der Waals surface area contributed by atoms with Crippen LogP contribution in [0.25, 0.3) is 0 Å². The number of nitrogens with one attached hydrogen (secondary N) is 6. The molecule has 0 saturated carbocycles. The second-order valence-electron chi connectivity index (χ2n) is 12.6. The van der Waals surface area contributed by atoms with E-state index in [4.69, 9.17) is 33.2 Å². The first-order valence-corrected chi connectivity index (χ1v) is 19.2. The van der Waals surface area contributed by atoms with Gasteiger partial charge >= 0.3 is 12.1 Å². The average molecular weight is 852 g/mol. The summed E-state index contributed by atoms with van der Waals surface area (Å²) < 4.78 is 36.8. The molecule has 0 aliphatic heterocycles. The lowest BCUT2D eigenvalue weighted by Gasteiger charge is -2.25. The van der Waals surface area contributed by atoms with Gasteiger partial charge in [0.05, 0.1) is 95.9 Å². The van der Waals surface area contributed by atoms with Crippen LogP contribution in [0.3, 0.4) is 0 Å². The number of nitrogens with zero attached hydrogens (tertiary/aromatic N) is 5. The summed E-state index contributed by atoms with van der Waals surface area (Å²) in [5.41, 5.74) is 1.74. The van der Waals surface area contributed by atoms with Gasteiger partial charge in [-0.05, 0) is 48.5 Å². The first-order valence-electron chi connectivity index (χ1n) is 19.2. The highest BCUT2D eigenvalue weighted by Gasteiger charge is 2.12. The second kappa shape index (κ2) is 27.5. The highest BCUT2D eigenvalue weighted by atomic mass is 16.5. The largest absolute Gasteiger partial charge is 0.497 e. The molecule has 2 aromatic carbocycles. The highest BCUT2D eigenvalue weighted by Crippen LogP contribution is 2.23. The fourth-order valence-corrected chi connectivity index (χ4v) is 5.14. The van der Waals surface area contributed by atoms with Crippen molar-refractivity contribution in [3.05, 3.63) is 92.8 Å². The zero-order valence-corrected chi connectivity index (χ0v) is 34.4. The van der Waals surface area contributed by atoms with E-state index >= 15 is 0 Å². The third-order valence-electron chi connectivity index (χ3n) is 8.06. The molecule has 330 valence electrons. The Morgan fingerprint density at radius 3 is 1.48 bits per heavy atom. The maximum absolute atomic E-state index is 12.9. The maximum atomic E-state index is 12.9. The summed E-state index contributed by atoms with van der Waals surface area (Å²) in [5.74, 6) is 0.603. The molecular weight excluding hydrogens is 798 g/mol. The number of methoxy groups -OCH3 is 3. The lowest BCUT2D eigenvalue weighted by molar-refractivity contribution is 0.0192. The third kappa shape index (κ3) is 19.1. The fraction of sp³-hybridized carbons (Fsp3) is 0.436. The molecular formula is C39H53N11O11. The van der Waals surface area contributed by atoms with Crippen molar-refractivity contribution in [3.8, 4) is 5.75 Å². The monoisotopic (exact) mass is 851 g/mol. The molecule has 4 amide bonds. The van der Waals surface area contributed by atoms with Crippen LogP contribution in [-0.2, 0) is 41.6 Å². The Balaban J connectivity index is 1.32. The Morgan fingerprint density at radius 2 is 1.03 bits per heavy atom. The van der Waals surface area contributed by atoms with E-state index in [1.807, 2.05) is 17.0 Å². The van der Waals surface area contributed by atoms with Crippen LogP contribution in [0.5, 0.6) is 5.75 Å². The molecule has 0 saturated heterocycles. The van der Waals surface area contributed by atoms with Crippen molar-refractivity contribution in [2.75, 3.05) is 116 Å². The summed E-state index contributed by atoms with van der Waals surface area (Å²) in [7, 11) is 4.75. The van der Waals surface area contributed by atoms with E-state index in [9.17, 15) is 19.2 Å². The summed E-state index contributed by atoms with van der Waals surface area (Å²) in [6.07, 6.45) is 0. The molecule has 0 fully saturated rings. The zero-order chi connectivity index (χ0) is 43.5. The zero-order valence-electron chi connectivity index (χ0n) is 34.4. The number of hydrogen-bond acceptors (Lipinski definition) is 16. The molecule has 0 radical (unpaired) electrons. The Hall–Kier alpha value is -6.30. The number of H-pyrrole nitrogens is 2. The number of hydrogen-bond donors (Lipinski definition) is 6. The fourth-order valence-electron chi connectivity index (χ4n) is 5.14. The smallest absolute Gasteiger partial charge is 0.321 e. The summed E-state index contributed by atoms with van der Waals surface area (Å²) in [4.78, 5) is 65.6. The molecule has 0 bridgehead atoms. The quantitative estimate of drug-likeness (QED) is 0.0354. The topological polar surface area (TPSA) is 266 Å². The van der Waals surface area contributed by atoms with Crippen molar-refractivity contribution in [1.29, 1.82) is 0 Å². The molecule has 2 aromatic heterocycles. The first kappa shape index (κ1) is 47.4. The lowest BCUT2D eigenvalue weighted by atomic mass is 10.2. The minimum absolute atomic E-state index is 0.0405. The molecule has 2 heterocycles. The minimum atomic E-state index is -0.607. The van der Waals surface area contributed by atoms with Crippen LogP contribution < -0.4 is 42.0 Å². The van der Waals surface area contributed by atoms with Gasteiger partial charge in [-0.2, -0.15) is 10.2 Å².